The van der Waals surface area contributed by atoms with Crippen molar-refractivity contribution >= 4 is 11.6 Å². The number of halogens is 2. The fourth-order valence-electron chi connectivity index (χ4n) is 1.97. The lowest BCUT2D eigenvalue weighted by atomic mass is 10.00. The van der Waals surface area contributed by atoms with Crippen molar-refractivity contribution in [1.82, 2.24) is 0 Å². The fraction of sp³-hybridized carbons (Fsp3) is 0.250. The summed E-state index contributed by atoms with van der Waals surface area (Å²) in [6.45, 7) is 3.78. The maximum absolute atomic E-state index is 14.0. The summed E-state index contributed by atoms with van der Waals surface area (Å²) in [4.78, 5) is 0. The van der Waals surface area contributed by atoms with Crippen molar-refractivity contribution in [2.45, 2.75) is 26.1 Å². The van der Waals surface area contributed by atoms with Crippen LogP contribution in [0.3, 0.4) is 0 Å². The van der Waals surface area contributed by atoms with Crippen LogP contribution in [0, 0.1) is 5.82 Å². The van der Waals surface area contributed by atoms with Crippen LogP contribution in [0.2, 0.25) is 5.02 Å². The molecule has 0 bridgehead atoms. The molecule has 0 saturated heterocycles. The highest BCUT2D eigenvalue weighted by Gasteiger charge is 2.20. The molecule has 0 fully saturated rings. The van der Waals surface area contributed by atoms with E-state index in [1.165, 1.54) is 12.1 Å². The van der Waals surface area contributed by atoms with E-state index in [-0.39, 0.29) is 16.7 Å². The predicted octanol–water partition coefficient (Wildman–Crippen LogP) is 4.35. The van der Waals surface area contributed by atoms with Crippen LogP contribution in [0.15, 0.2) is 42.5 Å². The number of aliphatic hydroxyl groups excluding tert-OH is 1. The molecule has 0 aliphatic carbocycles. The summed E-state index contributed by atoms with van der Waals surface area (Å²) < 4.78 is 19.6. The van der Waals surface area contributed by atoms with E-state index in [2.05, 4.69) is 0 Å². The smallest absolute Gasteiger partial charge is 0.147 e. The van der Waals surface area contributed by atoms with Gasteiger partial charge in [-0.15, -0.1) is 0 Å². The van der Waals surface area contributed by atoms with E-state index in [1.807, 2.05) is 19.9 Å². The van der Waals surface area contributed by atoms with Crippen LogP contribution in [0.25, 0.3) is 0 Å². The Bertz CT molecular complexity index is 599. The van der Waals surface area contributed by atoms with Crippen LogP contribution in [0.5, 0.6) is 5.75 Å². The van der Waals surface area contributed by atoms with Crippen molar-refractivity contribution in [2.24, 2.45) is 0 Å². The quantitative estimate of drug-likeness (QED) is 0.908. The number of rotatable bonds is 4. The van der Waals surface area contributed by atoms with Crippen LogP contribution in [-0.2, 0) is 0 Å². The number of para-hydroxylation sites is 1. The molecule has 0 heterocycles. The first-order chi connectivity index (χ1) is 9.50. The predicted molar refractivity (Wildman–Crippen MR) is 77.7 cm³/mol. The lowest BCUT2D eigenvalue weighted by molar-refractivity contribution is 0.194. The van der Waals surface area contributed by atoms with Gasteiger partial charge in [-0.05, 0) is 26.0 Å². The summed E-state index contributed by atoms with van der Waals surface area (Å²) in [7, 11) is 0. The van der Waals surface area contributed by atoms with E-state index < -0.39 is 11.9 Å². The first-order valence-corrected chi connectivity index (χ1v) is 6.76. The highest BCUT2D eigenvalue weighted by Crippen LogP contribution is 2.33. The molecular weight excluding hydrogens is 279 g/mol. The third-order valence-electron chi connectivity index (χ3n) is 2.85. The maximum atomic E-state index is 14.0. The van der Waals surface area contributed by atoms with Gasteiger partial charge in [0.05, 0.1) is 11.1 Å². The normalized spacial score (nSPS) is 12.5. The van der Waals surface area contributed by atoms with E-state index in [0.717, 1.165) is 0 Å². The highest BCUT2D eigenvalue weighted by atomic mass is 35.5. The molecule has 106 valence electrons. The van der Waals surface area contributed by atoms with Crippen LogP contribution < -0.4 is 4.74 Å². The summed E-state index contributed by atoms with van der Waals surface area (Å²) >= 11 is 5.75. The standard InChI is InChI=1S/C16H16ClFO2/c1-10(2)20-14-9-4-3-6-11(14)16(19)12-7-5-8-13(17)15(12)18/h3-10,16,19H,1-2H3. The van der Waals surface area contributed by atoms with Gasteiger partial charge in [-0.1, -0.05) is 41.9 Å². The Morgan fingerprint density at radius 2 is 1.70 bits per heavy atom. The molecule has 0 aromatic heterocycles. The molecule has 0 aliphatic heterocycles. The molecule has 4 heteroatoms. The maximum Gasteiger partial charge on any atom is 0.147 e. The zero-order chi connectivity index (χ0) is 14.7. The summed E-state index contributed by atoms with van der Waals surface area (Å²) in [5.74, 6) is -0.0737. The highest BCUT2D eigenvalue weighted by molar-refractivity contribution is 6.30. The van der Waals surface area contributed by atoms with Crippen molar-refractivity contribution in [1.29, 1.82) is 0 Å². The second kappa shape index (κ2) is 6.25. The summed E-state index contributed by atoms with van der Waals surface area (Å²) in [6, 6.07) is 11.6. The van der Waals surface area contributed by atoms with Gasteiger partial charge in [-0.2, -0.15) is 0 Å². The van der Waals surface area contributed by atoms with Crippen LogP contribution >= 0.6 is 11.6 Å². The van der Waals surface area contributed by atoms with Crippen molar-refractivity contribution in [3.63, 3.8) is 0 Å². The van der Waals surface area contributed by atoms with Gasteiger partial charge in [0.1, 0.15) is 17.7 Å². The Morgan fingerprint density at radius 3 is 2.40 bits per heavy atom. The summed E-state index contributed by atoms with van der Waals surface area (Å²) in [6.07, 6.45) is -1.16. The number of hydrogen-bond donors (Lipinski definition) is 1. The van der Waals surface area contributed by atoms with Gasteiger partial charge in [0.25, 0.3) is 0 Å². The second-order valence-corrected chi connectivity index (χ2v) is 5.16. The molecule has 0 aliphatic rings. The minimum Gasteiger partial charge on any atom is -0.491 e. The Labute approximate surface area is 122 Å². The molecule has 0 saturated carbocycles. The molecule has 0 radical (unpaired) electrons. The Morgan fingerprint density at radius 1 is 1.05 bits per heavy atom. The van der Waals surface area contributed by atoms with Gasteiger partial charge in [-0.3, -0.25) is 0 Å². The Kier molecular flexibility index (Phi) is 4.63. The summed E-state index contributed by atoms with van der Waals surface area (Å²) in [5, 5.41) is 10.4. The third-order valence-corrected chi connectivity index (χ3v) is 3.14. The van der Waals surface area contributed by atoms with Crippen LogP contribution in [-0.4, -0.2) is 11.2 Å². The Hall–Kier alpha value is -1.58. The van der Waals surface area contributed by atoms with Gasteiger partial charge in [0.2, 0.25) is 0 Å². The molecule has 0 amide bonds. The monoisotopic (exact) mass is 294 g/mol. The molecule has 2 nitrogen and oxygen atoms in total. The molecule has 0 spiro atoms. The Balaban J connectivity index is 2.43. The topological polar surface area (TPSA) is 29.5 Å². The molecule has 2 aromatic carbocycles. The number of benzene rings is 2. The van der Waals surface area contributed by atoms with Crippen molar-refractivity contribution in [3.8, 4) is 5.75 Å². The van der Waals surface area contributed by atoms with E-state index in [4.69, 9.17) is 16.3 Å². The average molecular weight is 295 g/mol. The number of hydrogen-bond acceptors (Lipinski definition) is 2. The largest absolute Gasteiger partial charge is 0.491 e. The van der Waals surface area contributed by atoms with E-state index in [9.17, 15) is 9.50 Å². The average Bonchev–Trinajstić information content (AvgIpc) is 2.41. The van der Waals surface area contributed by atoms with Crippen molar-refractivity contribution < 1.29 is 14.2 Å². The molecule has 20 heavy (non-hydrogen) atoms. The van der Waals surface area contributed by atoms with Gasteiger partial charge in [0, 0.05) is 11.1 Å². The van der Waals surface area contributed by atoms with Gasteiger partial charge < -0.3 is 9.84 Å². The lowest BCUT2D eigenvalue weighted by Crippen LogP contribution is -2.10. The van der Waals surface area contributed by atoms with E-state index in [1.54, 1.807) is 24.3 Å². The van der Waals surface area contributed by atoms with Crippen molar-refractivity contribution in [3.05, 3.63) is 64.4 Å². The fourth-order valence-corrected chi connectivity index (χ4v) is 2.15. The van der Waals surface area contributed by atoms with Gasteiger partial charge in [0.15, 0.2) is 0 Å². The minimum absolute atomic E-state index is 0.0104. The first-order valence-electron chi connectivity index (χ1n) is 6.38. The van der Waals surface area contributed by atoms with Crippen molar-refractivity contribution in [2.75, 3.05) is 0 Å². The lowest BCUT2D eigenvalue weighted by Gasteiger charge is -2.19. The first kappa shape index (κ1) is 14.8. The zero-order valence-corrected chi connectivity index (χ0v) is 12.1. The molecule has 2 aromatic rings. The summed E-state index contributed by atoms with van der Waals surface area (Å²) in [5.41, 5.74) is 0.652. The minimum atomic E-state index is -1.12. The van der Waals surface area contributed by atoms with E-state index >= 15 is 0 Å². The van der Waals surface area contributed by atoms with E-state index in [0.29, 0.717) is 11.3 Å². The third kappa shape index (κ3) is 3.11. The molecule has 1 unspecified atom stereocenters. The number of aliphatic hydroxyl groups is 1. The SMILES string of the molecule is CC(C)Oc1ccccc1C(O)c1cccc(Cl)c1F. The molecule has 1 atom stereocenters. The molecule has 1 N–H and O–H groups in total. The second-order valence-electron chi connectivity index (χ2n) is 4.75. The zero-order valence-electron chi connectivity index (χ0n) is 11.3. The van der Waals surface area contributed by atoms with Gasteiger partial charge >= 0.3 is 0 Å². The van der Waals surface area contributed by atoms with Gasteiger partial charge in [-0.25, -0.2) is 4.39 Å². The molecular formula is C16H16ClFO2. The van der Waals surface area contributed by atoms with Crippen LogP contribution in [0.4, 0.5) is 4.39 Å². The number of ether oxygens (including phenoxy) is 1. The van der Waals surface area contributed by atoms with Crippen LogP contribution in [0.1, 0.15) is 31.1 Å². The molecule has 2 rings (SSSR count).